The van der Waals surface area contributed by atoms with Crippen molar-refractivity contribution < 1.29 is 23.6 Å². The molecule has 3 rings (SSSR count). The third-order valence-electron chi connectivity index (χ3n) is 4.95. The molecular weight excluding hydrogens is 417 g/mol. The summed E-state index contributed by atoms with van der Waals surface area (Å²) in [6.07, 6.45) is 1.69. The molecule has 9 heteroatoms. The highest BCUT2D eigenvalue weighted by Gasteiger charge is 2.24. The number of esters is 1. The lowest BCUT2D eigenvalue weighted by molar-refractivity contribution is -0.384. The zero-order chi connectivity index (χ0) is 23.5. The number of halogens is 1. The molecule has 0 aromatic heterocycles. The van der Waals surface area contributed by atoms with E-state index in [-0.39, 0.29) is 28.9 Å². The van der Waals surface area contributed by atoms with Gasteiger partial charge in [-0.05, 0) is 69.5 Å². The molecule has 2 aromatic carbocycles. The smallest absolute Gasteiger partial charge is 0.310 e. The Hall–Kier alpha value is -3.49. The molecule has 1 aliphatic heterocycles. The number of amides is 1. The Kier molecular flexibility index (Phi) is 6.76. The molecule has 0 unspecified atom stereocenters. The SMILES string of the molecule is CC(C)(C)OC(=O)Cc1cc(F)ccc1NC(=O)c1ccc(N2CCCC2)c([N+](=O)[O-])c1. The van der Waals surface area contributed by atoms with E-state index in [1.807, 2.05) is 4.90 Å². The average Bonchev–Trinajstić information content (AvgIpc) is 3.22. The van der Waals surface area contributed by atoms with E-state index in [0.717, 1.165) is 38.1 Å². The maximum Gasteiger partial charge on any atom is 0.310 e. The van der Waals surface area contributed by atoms with Gasteiger partial charge in [0.05, 0.1) is 11.3 Å². The van der Waals surface area contributed by atoms with Gasteiger partial charge >= 0.3 is 5.97 Å². The molecule has 0 bridgehead atoms. The molecule has 170 valence electrons. The minimum absolute atomic E-state index is 0.0900. The third kappa shape index (κ3) is 5.81. The minimum atomic E-state index is -0.705. The van der Waals surface area contributed by atoms with Crippen molar-refractivity contribution in [2.45, 2.75) is 45.6 Å². The number of hydrogen-bond acceptors (Lipinski definition) is 6. The fourth-order valence-corrected chi connectivity index (χ4v) is 3.59. The maximum atomic E-state index is 13.8. The van der Waals surface area contributed by atoms with Gasteiger partial charge in [-0.1, -0.05) is 0 Å². The lowest BCUT2D eigenvalue weighted by Crippen LogP contribution is -2.25. The molecule has 8 nitrogen and oxygen atoms in total. The summed E-state index contributed by atoms with van der Waals surface area (Å²) in [6.45, 7) is 6.62. The summed E-state index contributed by atoms with van der Waals surface area (Å²) in [5.41, 5.74) is 0.199. The molecule has 0 atom stereocenters. The summed E-state index contributed by atoms with van der Waals surface area (Å²) in [4.78, 5) is 38.0. The first-order chi connectivity index (χ1) is 15.0. The van der Waals surface area contributed by atoms with E-state index >= 15 is 0 Å². The van der Waals surface area contributed by atoms with Crippen molar-refractivity contribution in [3.05, 3.63) is 63.5 Å². The Morgan fingerprint density at radius 3 is 2.47 bits per heavy atom. The number of ether oxygens (including phenoxy) is 1. The first-order valence-corrected chi connectivity index (χ1v) is 10.4. The minimum Gasteiger partial charge on any atom is -0.460 e. The summed E-state index contributed by atoms with van der Waals surface area (Å²) in [6, 6.07) is 7.99. The lowest BCUT2D eigenvalue weighted by Gasteiger charge is -2.20. The van der Waals surface area contributed by atoms with Crippen LogP contribution in [-0.4, -0.2) is 35.5 Å². The topological polar surface area (TPSA) is 102 Å². The Labute approximate surface area is 185 Å². The normalized spacial score (nSPS) is 13.7. The van der Waals surface area contributed by atoms with E-state index in [1.54, 1.807) is 26.8 Å². The first kappa shape index (κ1) is 23.2. The highest BCUT2D eigenvalue weighted by Crippen LogP contribution is 2.32. The van der Waals surface area contributed by atoms with E-state index in [1.165, 1.54) is 18.2 Å². The van der Waals surface area contributed by atoms with E-state index in [2.05, 4.69) is 5.32 Å². The van der Waals surface area contributed by atoms with Crippen LogP contribution in [0.4, 0.5) is 21.5 Å². The monoisotopic (exact) mass is 443 g/mol. The van der Waals surface area contributed by atoms with Crippen molar-refractivity contribution >= 4 is 28.9 Å². The quantitative estimate of drug-likeness (QED) is 0.402. The van der Waals surface area contributed by atoms with E-state index < -0.39 is 28.2 Å². The molecule has 0 radical (unpaired) electrons. The number of rotatable bonds is 6. The molecular formula is C23H26FN3O5. The second-order valence-electron chi connectivity index (χ2n) is 8.67. The maximum absolute atomic E-state index is 13.8. The van der Waals surface area contributed by atoms with Crippen LogP contribution >= 0.6 is 0 Å². The fraction of sp³-hybridized carbons (Fsp3) is 0.391. The number of benzene rings is 2. The molecule has 1 heterocycles. The summed E-state index contributed by atoms with van der Waals surface area (Å²) in [5, 5.41) is 14.2. The number of anilines is 2. The average molecular weight is 443 g/mol. The Bertz CT molecular complexity index is 1040. The first-order valence-electron chi connectivity index (χ1n) is 10.4. The fourth-order valence-electron chi connectivity index (χ4n) is 3.59. The number of hydrogen-bond donors (Lipinski definition) is 1. The van der Waals surface area contributed by atoms with Crippen LogP contribution in [0, 0.1) is 15.9 Å². The number of nitrogens with zero attached hydrogens (tertiary/aromatic N) is 2. The van der Waals surface area contributed by atoms with Gasteiger partial charge in [-0.25, -0.2) is 4.39 Å². The van der Waals surface area contributed by atoms with Gasteiger partial charge in [0.1, 0.15) is 17.1 Å². The third-order valence-corrected chi connectivity index (χ3v) is 4.95. The van der Waals surface area contributed by atoms with E-state index in [0.29, 0.717) is 5.69 Å². The van der Waals surface area contributed by atoms with Gasteiger partial charge in [0.2, 0.25) is 0 Å². The molecule has 0 saturated carbocycles. The Morgan fingerprint density at radius 2 is 1.84 bits per heavy atom. The van der Waals surface area contributed by atoms with Gasteiger partial charge in [0.25, 0.3) is 11.6 Å². The van der Waals surface area contributed by atoms with E-state index in [9.17, 15) is 24.1 Å². The van der Waals surface area contributed by atoms with Crippen molar-refractivity contribution in [3.8, 4) is 0 Å². The highest BCUT2D eigenvalue weighted by atomic mass is 19.1. The van der Waals surface area contributed by atoms with Gasteiger partial charge in [-0.3, -0.25) is 19.7 Å². The van der Waals surface area contributed by atoms with Crippen molar-refractivity contribution in [2.24, 2.45) is 0 Å². The van der Waals surface area contributed by atoms with Crippen LogP contribution in [0.1, 0.15) is 49.5 Å². The standard InChI is InChI=1S/C23H26FN3O5/c1-23(2,3)32-21(28)14-16-12-17(24)7-8-18(16)25-22(29)15-6-9-19(20(13-15)27(30)31)26-10-4-5-11-26/h6-9,12-13H,4-5,10-11,14H2,1-3H3,(H,25,29). The Morgan fingerprint density at radius 1 is 1.16 bits per heavy atom. The van der Waals surface area contributed by atoms with Crippen molar-refractivity contribution in [1.82, 2.24) is 0 Å². The largest absolute Gasteiger partial charge is 0.460 e. The second-order valence-corrected chi connectivity index (χ2v) is 8.67. The van der Waals surface area contributed by atoms with Gasteiger partial charge < -0.3 is 15.0 Å². The second kappa shape index (κ2) is 9.33. The Balaban J connectivity index is 1.83. The number of carbonyl (C=O) groups is 2. The molecule has 1 aliphatic rings. The summed E-state index contributed by atoms with van der Waals surface area (Å²) in [5.74, 6) is -1.73. The molecule has 32 heavy (non-hydrogen) atoms. The van der Waals surface area contributed by atoms with Crippen LogP contribution in [-0.2, 0) is 16.0 Å². The zero-order valence-electron chi connectivity index (χ0n) is 18.3. The number of carbonyl (C=O) groups excluding carboxylic acids is 2. The number of nitro benzene ring substituents is 1. The number of nitro groups is 1. The van der Waals surface area contributed by atoms with Crippen molar-refractivity contribution in [1.29, 1.82) is 0 Å². The molecule has 2 aromatic rings. The van der Waals surface area contributed by atoms with E-state index in [4.69, 9.17) is 4.74 Å². The van der Waals surface area contributed by atoms with Gasteiger partial charge in [-0.2, -0.15) is 0 Å². The zero-order valence-corrected chi connectivity index (χ0v) is 18.3. The van der Waals surface area contributed by atoms with Crippen LogP contribution in [0.2, 0.25) is 0 Å². The summed E-state index contributed by atoms with van der Waals surface area (Å²) < 4.78 is 19.1. The van der Waals surface area contributed by atoms with Gasteiger partial charge in [0, 0.05) is 30.4 Å². The van der Waals surface area contributed by atoms with Crippen LogP contribution < -0.4 is 10.2 Å². The van der Waals surface area contributed by atoms with Crippen LogP contribution in [0.5, 0.6) is 0 Å². The predicted octanol–water partition coefficient (Wildman–Crippen LogP) is 4.47. The molecule has 1 fully saturated rings. The predicted molar refractivity (Wildman–Crippen MR) is 118 cm³/mol. The summed E-state index contributed by atoms with van der Waals surface area (Å²) in [7, 11) is 0. The van der Waals surface area contributed by atoms with Crippen molar-refractivity contribution in [3.63, 3.8) is 0 Å². The van der Waals surface area contributed by atoms with Crippen LogP contribution in [0.15, 0.2) is 36.4 Å². The van der Waals surface area contributed by atoms with Gasteiger partial charge in [0.15, 0.2) is 0 Å². The molecule has 1 amide bonds. The molecule has 1 saturated heterocycles. The summed E-state index contributed by atoms with van der Waals surface area (Å²) >= 11 is 0. The van der Waals surface area contributed by atoms with Crippen molar-refractivity contribution in [2.75, 3.05) is 23.3 Å². The molecule has 0 spiro atoms. The molecule has 1 N–H and O–H groups in total. The number of nitrogens with one attached hydrogen (secondary N) is 1. The molecule has 0 aliphatic carbocycles. The van der Waals surface area contributed by atoms with Crippen LogP contribution in [0.25, 0.3) is 0 Å². The van der Waals surface area contributed by atoms with Gasteiger partial charge in [-0.15, -0.1) is 0 Å². The van der Waals surface area contributed by atoms with Crippen LogP contribution in [0.3, 0.4) is 0 Å². The lowest BCUT2D eigenvalue weighted by atomic mass is 10.1. The highest BCUT2D eigenvalue weighted by molar-refractivity contribution is 6.05.